The third-order valence-corrected chi connectivity index (χ3v) is 4.15. The van der Waals surface area contributed by atoms with Crippen molar-refractivity contribution in [1.29, 1.82) is 0 Å². The molecular weight excluding hydrogens is 162 g/mol. The maximum absolute atomic E-state index is 5.68. The summed E-state index contributed by atoms with van der Waals surface area (Å²) < 4.78 is 5.34. The lowest BCUT2D eigenvalue weighted by Crippen LogP contribution is -2.44. The smallest absolute Gasteiger partial charge is 0.0582 e. The average Bonchev–Trinajstić information content (AvgIpc) is 2.14. The van der Waals surface area contributed by atoms with Gasteiger partial charge in [-0.05, 0) is 56.4 Å². The van der Waals surface area contributed by atoms with Gasteiger partial charge >= 0.3 is 0 Å². The van der Waals surface area contributed by atoms with Gasteiger partial charge in [-0.15, -0.1) is 0 Å². The van der Waals surface area contributed by atoms with Gasteiger partial charge in [-0.3, -0.25) is 0 Å². The fourth-order valence-corrected chi connectivity index (χ4v) is 3.01. The van der Waals surface area contributed by atoms with Crippen molar-refractivity contribution in [2.24, 2.45) is 17.1 Å². The normalized spacial score (nSPS) is 44.8. The van der Waals surface area contributed by atoms with Gasteiger partial charge in [-0.2, -0.15) is 0 Å². The first kappa shape index (κ1) is 9.47. The number of ether oxygens (including phenoxy) is 1. The van der Waals surface area contributed by atoms with Crippen LogP contribution in [0.25, 0.3) is 0 Å². The molecule has 2 nitrogen and oxygen atoms in total. The van der Waals surface area contributed by atoms with Crippen molar-refractivity contribution in [3.05, 3.63) is 0 Å². The summed E-state index contributed by atoms with van der Waals surface area (Å²) in [5.74, 6) is 0.812. The molecule has 13 heavy (non-hydrogen) atoms. The summed E-state index contributed by atoms with van der Waals surface area (Å²) in [4.78, 5) is 0. The Morgan fingerprint density at radius 2 is 1.92 bits per heavy atom. The van der Waals surface area contributed by atoms with Crippen LogP contribution in [-0.2, 0) is 4.74 Å². The van der Waals surface area contributed by atoms with E-state index >= 15 is 0 Å². The molecule has 0 atom stereocenters. The second kappa shape index (κ2) is 3.58. The summed E-state index contributed by atoms with van der Waals surface area (Å²) in [6, 6.07) is 0. The summed E-state index contributed by atoms with van der Waals surface area (Å²) in [5, 5.41) is 0. The van der Waals surface area contributed by atoms with Crippen molar-refractivity contribution >= 4 is 0 Å². The third-order valence-electron chi connectivity index (χ3n) is 4.15. The molecule has 2 aliphatic carbocycles. The Labute approximate surface area is 80.8 Å². The molecule has 2 heteroatoms. The second-order valence-corrected chi connectivity index (χ2v) is 4.95. The van der Waals surface area contributed by atoms with Gasteiger partial charge in [0.2, 0.25) is 0 Å². The fourth-order valence-electron chi connectivity index (χ4n) is 3.01. The van der Waals surface area contributed by atoms with Gasteiger partial charge in [0.25, 0.3) is 0 Å². The van der Waals surface area contributed by atoms with E-state index in [0.29, 0.717) is 11.5 Å². The monoisotopic (exact) mass is 183 g/mol. The molecule has 0 bridgehead atoms. The van der Waals surface area contributed by atoms with E-state index in [9.17, 15) is 0 Å². The number of nitrogens with two attached hydrogens (primary N) is 1. The topological polar surface area (TPSA) is 35.2 Å². The maximum atomic E-state index is 5.68. The van der Waals surface area contributed by atoms with Gasteiger partial charge < -0.3 is 10.5 Å². The molecule has 0 radical (unpaired) electrons. The zero-order chi connectivity index (χ0) is 9.31. The lowest BCUT2D eigenvalue weighted by Gasteiger charge is -2.50. The molecule has 0 heterocycles. The lowest BCUT2D eigenvalue weighted by molar-refractivity contribution is -0.0825. The number of hydrogen-bond donors (Lipinski definition) is 1. The highest BCUT2D eigenvalue weighted by Crippen LogP contribution is 2.53. The summed E-state index contributed by atoms with van der Waals surface area (Å²) in [6.45, 7) is 0.893. The summed E-state index contributed by atoms with van der Waals surface area (Å²) >= 11 is 0. The van der Waals surface area contributed by atoms with Crippen molar-refractivity contribution in [2.75, 3.05) is 13.7 Å². The molecular formula is C11H21NO. The highest BCUT2D eigenvalue weighted by molar-refractivity contribution is 4.97. The Hall–Kier alpha value is -0.0800. The van der Waals surface area contributed by atoms with E-state index in [1.54, 1.807) is 0 Å². The Kier molecular flexibility index (Phi) is 2.61. The molecule has 0 unspecified atom stereocenters. The molecule has 0 amide bonds. The fraction of sp³-hybridized carbons (Fsp3) is 1.00. The van der Waals surface area contributed by atoms with Crippen molar-refractivity contribution in [3.63, 3.8) is 0 Å². The summed E-state index contributed by atoms with van der Waals surface area (Å²) in [6.07, 6.45) is 8.68. The quantitative estimate of drug-likeness (QED) is 0.710. The largest absolute Gasteiger partial charge is 0.381 e. The molecule has 2 N–H and O–H groups in total. The summed E-state index contributed by atoms with van der Waals surface area (Å²) in [5.41, 5.74) is 6.35. The van der Waals surface area contributed by atoms with E-state index in [1.165, 1.54) is 38.5 Å². The van der Waals surface area contributed by atoms with Crippen molar-refractivity contribution in [1.82, 2.24) is 0 Å². The van der Waals surface area contributed by atoms with Crippen LogP contribution in [0.3, 0.4) is 0 Å². The van der Waals surface area contributed by atoms with Gasteiger partial charge in [0.1, 0.15) is 0 Å². The second-order valence-electron chi connectivity index (χ2n) is 4.95. The van der Waals surface area contributed by atoms with Crippen molar-refractivity contribution < 1.29 is 4.74 Å². The van der Waals surface area contributed by atoms with Crippen LogP contribution in [-0.4, -0.2) is 19.8 Å². The van der Waals surface area contributed by atoms with E-state index in [4.69, 9.17) is 10.5 Å². The third kappa shape index (κ3) is 1.75. The van der Waals surface area contributed by atoms with E-state index in [0.717, 1.165) is 12.5 Å². The minimum Gasteiger partial charge on any atom is -0.381 e. The lowest BCUT2D eigenvalue weighted by atomic mass is 9.58. The Morgan fingerprint density at radius 3 is 2.38 bits per heavy atom. The van der Waals surface area contributed by atoms with Crippen LogP contribution in [0.2, 0.25) is 0 Å². The number of hydrogen-bond acceptors (Lipinski definition) is 2. The van der Waals surface area contributed by atoms with E-state index < -0.39 is 0 Å². The zero-order valence-corrected chi connectivity index (χ0v) is 8.59. The maximum Gasteiger partial charge on any atom is 0.0582 e. The van der Waals surface area contributed by atoms with Crippen LogP contribution < -0.4 is 5.73 Å². The predicted octanol–water partition coefficient (Wildman–Crippen LogP) is 1.93. The minimum absolute atomic E-state index is 0.564. The molecule has 0 aromatic heterocycles. The van der Waals surface area contributed by atoms with Gasteiger partial charge in [0, 0.05) is 7.11 Å². The molecule has 2 fully saturated rings. The predicted molar refractivity (Wildman–Crippen MR) is 53.5 cm³/mol. The Morgan fingerprint density at radius 1 is 1.31 bits per heavy atom. The first-order chi connectivity index (χ1) is 6.28. The van der Waals surface area contributed by atoms with Crippen LogP contribution in [0.15, 0.2) is 0 Å². The molecule has 2 saturated carbocycles. The van der Waals surface area contributed by atoms with Crippen LogP contribution in [0.5, 0.6) is 0 Å². The highest BCUT2D eigenvalue weighted by Gasteiger charge is 2.45. The molecule has 2 rings (SSSR count). The molecule has 0 saturated heterocycles. The van der Waals surface area contributed by atoms with Crippen LogP contribution in [0.4, 0.5) is 0 Å². The van der Waals surface area contributed by atoms with Gasteiger partial charge in [-0.1, -0.05) is 0 Å². The first-order valence-corrected chi connectivity index (χ1v) is 5.51. The Bertz CT molecular complexity index is 165. The molecule has 0 aliphatic heterocycles. The van der Waals surface area contributed by atoms with E-state index in [2.05, 4.69) is 0 Å². The number of methoxy groups -OCH3 is 1. The van der Waals surface area contributed by atoms with Crippen LogP contribution in [0, 0.1) is 11.3 Å². The van der Waals surface area contributed by atoms with Gasteiger partial charge in [0.05, 0.1) is 6.10 Å². The SMILES string of the molecule is COC1CC2(CCC(CN)CC2)C1. The number of rotatable bonds is 2. The highest BCUT2D eigenvalue weighted by atomic mass is 16.5. The molecule has 1 spiro atoms. The van der Waals surface area contributed by atoms with Crippen molar-refractivity contribution in [2.45, 2.75) is 44.6 Å². The molecule has 2 aliphatic rings. The molecule has 0 aromatic rings. The molecule has 0 aromatic carbocycles. The van der Waals surface area contributed by atoms with Gasteiger partial charge in [-0.25, -0.2) is 0 Å². The van der Waals surface area contributed by atoms with Crippen LogP contribution in [0.1, 0.15) is 38.5 Å². The van der Waals surface area contributed by atoms with Gasteiger partial charge in [0.15, 0.2) is 0 Å². The minimum atomic E-state index is 0.564. The van der Waals surface area contributed by atoms with Crippen LogP contribution >= 0.6 is 0 Å². The zero-order valence-electron chi connectivity index (χ0n) is 8.59. The average molecular weight is 183 g/mol. The molecule has 76 valence electrons. The van der Waals surface area contributed by atoms with E-state index in [-0.39, 0.29) is 0 Å². The summed E-state index contributed by atoms with van der Waals surface area (Å²) in [7, 11) is 1.84. The Balaban J connectivity index is 1.79. The first-order valence-electron chi connectivity index (χ1n) is 5.51. The standard InChI is InChI=1S/C11H21NO/c1-13-10-6-11(7-10)4-2-9(8-12)3-5-11/h9-10H,2-8,12H2,1H3. The van der Waals surface area contributed by atoms with E-state index in [1.807, 2.05) is 7.11 Å². The van der Waals surface area contributed by atoms with Crippen molar-refractivity contribution in [3.8, 4) is 0 Å².